The minimum atomic E-state index is 0.145. The predicted molar refractivity (Wildman–Crippen MR) is 62.6 cm³/mol. The fourth-order valence-corrected chi connectivity index (χ4v) is 2.77. The van der Waals surface area contributed by atoms with Crippen LogP contribution in [0.25, 0.3) is 0 Å². The zero-order valence-electron chi connectivity index (χ0n) is 8.47. The van der Waals surface area contributed by atoms with Crippen LogP contribution in [0.5, 0.6) is 0 Å². The maximum absolute atomic E-state index is 4.41. The Morgan fingerprint density at radius 3 is 2.46 bits per heavy atom. The summed E-state index contributed by atoms with van der Waals surface area (Å²) in [4.78, 5) is 6.70. The molecule has 0 saturated carbocycles. The number of halogens is 1. The van der Waals surface area contributed by atoms with Crippen LogP contribution in [-0.4, -0.2) is 17.1 Å². The summed E-state index contributed by atoms with van der Waals surface area (Å²) in [7, 11) is 0. The quantitative estimate of drug-likeness (QED) is 0.811. The van der Waals surface area contributed by atoms with Crippen molar-refractivity contribution >= 4 is 32.4 Å². The Morgan fingerprint density at radius 1 is 1.54 bits per heavy atom. The molecule has 0 bridgehead atoms. The molecule has 4 heteroatoms. The fraction of sp³-hybridized carbons (Fsp3) is 0.667. The predicted octanol–water partition coefficient (Wildman–Crippen LogP) is 3.53. The average molecular weight is 263 g/mol. The molecular formula is C9H15BrN2S. The first-order valence-electron chi connectivity index (χ1n) is 4.34. The Morgan fingerprint density at radius 2 is 2.15 bits per heavy atom. The molecule has 1 aromatic rings. The molecule has 0 N–H and O–H groups in total. The smallest absolute Gasteiger partial charge is 0.186 e. The molecule has 0 radical (unpaired) electrons. The van der Waals surface area contributed by atoms with Crippen LogP contribution in [0, 0.1) is 0 Å². The van der Waals surface area contributed by atoms with Gasteiger partial charge < -0.3 is 4.90 Å². The zero-order chi connectivity index (χ0) is 10.1. The summed E-state index contributed by atoms with van der Waals surface area (Å²) in [5.74, 6) is 0. The van der Waals surface area contributed by atoms with Gasteiger partial charge in [-0.1, -0.05) is 0 Å². The van der Waals surface area contributed by atoms with Crippen LogP contribution in [0.1, 0.15) is 27.7 Å². The number of hydrogen-bond donors (Lipinski definition) is 0. The molecule has 0 aliphatic heterocycles. The summed E-state index contributed by atoms with van der Waals surface area (Å²) in [6.45, 7) is 9.74. The highest BCUT2D eigenvalue weighted by Gasteiger charge is 2.22. The van der Waals surface area contributed by atoms with Gasteiger partial charge in [-0.05, 0) is 43.6 Å². The van der Waals surface area contributed by atoms with Gasteiger partial charge in [0.1, 0.15) is 4.60 Å². The van der Waals surface area contributed by atoms with Gasteiger partial charge in [-0.15, -0.1) is 11.3 Å². The summed E-state index contributed by atoms with van der Waals surface area (Å²) in [6, 6.07) is 0. The van der Waals surface area contributed by atoms with E-state index < -0.39 is 0 Å². The first kappa shape index (κ1) is 11.0. The maximum Gasteiger partial charge on any atom is 0.186 e. The molecule has 1 aromatic heterocycles. The maximum atomic E-state index is 4.41. The van der Waals surface area contributed by atoms with Gasteiger partial charge in [0.2, 0.25) is 0 Å². The largest absolute Gasteiger partial charge is 0.344 e. The second-order valence-electron chi connectivity index (χ2n) is 3.87. The van der Waals surface area contributed by atoms with E-state index in [-0.39, 0.29) is 5.54 Å². The molecule has 2 nitrogen and oxygen atoms in total. The van der Waals surface area contributed by atoms with Crippen LogP contribution in [-0.2, 0) is 0 Å². The first-order chi connectivity index (χ1) is 5.95. The van der Waals surface area contributed by atoms with Crippen LogP contribution in [0.3, 0.4) is 0 Å². The Bertz CT molecular complexity index is 277. The van der Waals surface area contributed by atoms with E-state index in [0.29, 0.717) is 0 Å². The first-order valence-corrected chi connectivity index (χ1v) is 6.01. The van der Waals surface area contributed by atoms with Crippen molar-refractivity contribution in [2.75, 3.05) is 11.4 Å². The zero-order valence-corrected chi connectivity index (χ0v) is 10.9. The monoisotopic (exact) mass is 262 g/mol. The molecule has 1 heterocycles. The summed E-state index contributed by atoms with van der Waals surface area (Å²) < 4.78 is 0.926. The molecule has 0 amide bonds. The number of nitrogens with zero attached hydrogens (tertiary/aromatic N) is 2. The Kier molecular flexibility index (Phi) is 3.35. The molecule has 74 valence electrons. The molecule has 0 atom stereocenters. The third-order valence-electron chi connectivity index (χ3n) is 1.82. The van der Waals surface area contributed by atoms with Crippen LogP contribution < -0.4 is 4.90 Å². The SMILES string of the molecule is CCN(c1nc(Br)cs1)C(C)(C)C. The molecule has 0 aliphatic rings. The van der Waals surface area contributed by atoms with E-state index in [1.807, 2.05) is 5.38 Å². The van der Waals surface area contributed by atoms with E-state index in [1.54, 1.807) is 11.3 Å². The lowest BCUT2D eigenvalue weighted by molar-refractivity contribution is 0.512. The second kappa shape index (κ2) is 3.96. The summed E-state index contributed by atoms with van der Waals surface area (Å²) in [5.41, 5.74) is 0.145. The van der Waals surface area contributed by atoms with E-state index in [2.05, 4.69) is 53.5 Å². The van der Waals surface area contributed by atoms with Crippen LogP contribution >= 0.6 is 27.3 Å². The minimum absolute atomic E-state index is 0.145. The minimum Gasteiger partial charge on any atom is -0.344 e. The lowest BCUT2D eigenvalue weighted by Crippen LogP contribution is -2.41. The molecule has 0 unspecified atom stereocenters. The van der Waals surface area contributed by atoms with Gasteiger partial charge >= 0.3 is 0 Å². The average Bonchev–Trinajstić information content (AvgIpc) is 2.34. The highest BCUT2D eigenvalue weighted by Crippen LogP contribution is 2.28. The van der Waals surface area contributed by atoms with Crippen molar-refractivity contribution in [2.45, 2.75) is 33.2 Å². The molecule has 0 fully saturated rings. The van der Waals surface area contributed by atoms with Gasteiger partial charge in [-0.2, -0.15) is 0 Å². The van der Waals surface area contributed by atoms with Crippen molar-refractivity contribution in [3.05, 3.63) is 9.98 Å². The van der Waals surface area contributed by atoms with Crippen LogP contribution in [0.2, 0.25) is 0 Å². The fourth-order valence-electron chi connectivity index (χ4n) is 1.27. The van der Waals surface area contributed by atoms with Crippen molar-refractivity contribution in [2.24, 2.45) is 0 Å². The third-order valence-corrected chi connectivity index (χ3v) is 3.39. The molecule has 0 saturated heterocycles. The topological polar surface area (TPSA) is 16.1 Å². The molecule has 0 spiro atoms. The van der Waals surface area contributed by atoms with Crippen molar-refractivity contribution < 1.29 is 0 Å². The number of anilines is 1. The van der Waals surface area contributed by atoms with Gasteiger partial charge in [0.05, 0.1) is 0 Å². The van der Waals surface area contributed by atoms with E-state index in [1.165, 1.54) is 0 Å². The Balaban J connectivity index is 2.91. The van der Waals surface area contributed by atoms with E-state index in [0.717, 1.165) is 16.3 Å². The van der Waals surface area contributed by atoms with Gasteiger partial charge in [-0.3, -0.25) is 0 Å². The van der Waals surface area contributed by atoms with Crippen molar-refractivity contribution in [3.63, 3.8) is 0 Å². The van der Waals surface area contributed by atoms with Crippen molar-refractivity contribution in [1.82, 2.24) is 4.98 Å². The lowest BCUT2D eigenvalue weighted by atomic mass is 10.1. The third kappa shape index (κ3) is 2.68. The Labute approximate surface area is 92.1 Å². The summed E-state index contributed by atoms with van der Waals surface area (Å²) in [6.07, 6.45) is 0. The summed E-state index contributed by atoms with van der Waals surface area (Å²) in [5, 5.41) is 3.10. The summed E-state index contributed by atoms with van der Waals surface area (Å²) >= 11 is 5.05. The molecule has 13 heavy (non-hydrogen) atoms. The number of thiazole rings is 1. The van der Waals surface area contributed by atoms with Gasteiger partial charge in [0.15, 0.2) is 5.13 Å². The molecule has 1 rings (SSSR count). The van der Waals surface area contributed by atoms with Gasteiger partial charge in [0, 0.05) is 17.5 Å². The highest BCUT2D eigenvalue weighted by atomic mass is 79.9. The van der Waals surface area contributed by atoms with Gasteiger partial charge in [-0.25, -0.2) is 4.98 Å². The second-order valence-corrected chi connectivity index (χ2v) is 5.52. The lowest BCUT2D eigenvalue weighted by Gasteiger charge is -2.34. The van der Waals surface area contributed by atoms with E-state index in [4.69, 9.17) is 0 Å². The highest BCUT2D eigenvalue weighted by molar-refractivity contribution is 9.10. The Hall–Kier alpha value is -0.0900. The number of aromatic nitrogens is 1. The molecule has 0 aliphatic carbocycles. The standard InChI is InChI=1S/C9H15BrN2S/c1-5-12(9(2,3)4)8-11-7(10)6-13-8/h6H,5H2,1-4H3. The van der Waals surface area contributed by atoms with Crippen molar-refractivity contribution in [1.29, 1.82) is 0 Å². The molecular weight excluding hydrogens is 248 g/mol. The number of rotatable bonds is 2. The van der Waals surface area contributed by atoms with Crippen LogP contribution in [0.4, 0.5) is 5.13 Å². The van der Waals surface area contributed by atoms with Gasteiger partial charge in [0.25, 0.3) is 0 Å². The van der Waals surface area contributed by atoms with Crippen molar-refractivity contribution in [3.8, 4) is 0 Å². The molecule has 0 aromatic carbocycles. The van der Waals surface area contributed by atoms with Crippen LogP contribution in [0.15, 0.2) is 9.98 Å². The number of hydrogen-bond acceptors (Lipinski definition) is 3. The normalized spacial score (nSPS) is 11.8. The van der Waals surface area contributed by atoms with E-state index >= 15 is 0 Å². The van der Waals surface area contributed by atoms with E-state index in [9.17, 15) is 0 Å².